The van der Waals surface area contributed by atoms with Crippen molar-refractivity contribution < 1.29 is 19.0 Å². The van der Waals surface area contributed by atoms with Crippen LogP contribution in [0.2, 0.25) is 0 Å². The Morgan fingerprint density at radius 2 is 1.85 bits per heavy atom. The van der Waals surface area contributed by atoms with Crippen LogP contribution in [0.15, 0.2) is 18.2 Å². The van der Waals surface area contributed by atoms with Gasteiger partial charge in [-0.25, -0.2) is 0 Å². The summed E-state index contributed by atoms with van der Waals surface area (Å²) in [5, 5.41) is 2.98. The molecule has 1 saturated heterocycles. The van der Waals surface area contributed by atoms with Gasteiger partial charge in [0.2, 0.25) is 5.91 Å². The van der Waals surface area contributed by atoms with E-state index in [1.807, 2.05) is 18.2 Å². The molecular formula is C15H19NO4. The molecule has 0 aromatic heterocycles. The lowest BCUT2D eigenvalue weighted by Crippen LogP contribution is -2.33. The van der Waals surface area contributed by atoms with Gasteiger partial charge in [-0.1, -0.05) is 6.07 Å². The van der Waals surface area contributed by atoms with Crippen molar-refractivity contribution in [2.24, 2.45) is 5.92 Å². The van der Waals surface area contributed by atoms with Crippen molar-refractivity contribution in [3.8, 4) is 11.5 Å². The van der Waals surface area contributed by atoms with E-state index in [1.165, 1.54) is 0 Å². The minimum atomic E-state index is 0.0842. The first-order valence-corrected chi connectivity index (χ1v) is 7.07. The van der Waals surface area contributed by atoms with Crippen molar-refractivity contribution in [1.29, 1.82) is 0 Å². The fraction of sp³-hybridized carbons (Fsp3) is 0.533. The van der Waals surface area contributed by atoms with Gasteiger partial charge in [0, 0.05) is 25.7 Å². The molecule has 2 aliphatic rings. The minimum Gasteiger partial charge on any atom is -0.486 e. The van der Waals surface area contributed by atoms with Crippen LogP contribution < -0.4 is 14.8 Å². The predicted octanol–water partition coefficient (Wildman–Crippen LogP) is 1.50. The Morgan fingerprint density at radius 1 is 1.10 bits per heavy atom. The van der Waals surface area contributed by atoms with Crippen LogP contribution in [-0.4, -0.2) is 32.3 Å². The Labute approximate surface area is 118 Å². The van der Waals surface area contributed by atoms with Crippen molar-refractivity contribution in [3.63, 3.8) is 0 Å². The summed E-state index contributed by atoms with van der Waals surface area (Å²) in [5.74, 6) is 1.73. The number of nitrogens with one attached hydrogen (secondary N) is 1. The van der Waals surface area contributed by atoms with Crippen molar-refractivity contribution in [2.45, 2.75) is 19.4 Å². The normalized spacial score (nSPS) is 18.6. The molecule has 1 amide bonds. The first-order chi connectivity index (χ1) is 9.83. The molecule has 0 spiro atoms. The summed E-state index contributed by atoms with van der Waals surface area (Å²) in [4.78, 5) is 12.0. The molecule has 0 bridgehead atoms. The number of carbonyl (C=O) groups excluding carboxylic acids is 1. The second kappa shape index (κ2) is 6.13. The Balaban J connectivity index is 1.56. The molecule has 20 heavy (non-hydrogen) atoms. The topological polar surface area (TPSA) is 56.8 Å². The van der Waals surface area contributed by atoms with E-state index in [1.54, 1.807) is 0 Å². The third-order valence-electron chi connectivity index (χ3n) is 3.67. The van der Waals surface area contributed by atoms with Crippen molar-refractivity contribution in [2.75, 3.05) is 26.4 Å². The number of amides is 1. The second-order valence-corrected chi connectivity index (χ2v) is 5.08. The van der Waals surface area contributed by atoms with Gasteiger partial charge in [-0.3, -0.25) is 4.79 Å². The lowest BCUT2D eigenvalue weighted by molar-refractivity contribution is -0.128. The summed E-state index contributed by atoms with van der Waals surface area (Å²) in [6.45, 7) is 3.05. The van der Waals surface area contributed by atoms with Crippen LogP contribution in [0, 0.1) is 5.92 Å². The van der Waals surface area contributed by atoms with Crippen molar-refractivity contribution in [1.82, 2.24) is 5.32 Å². The van der Waals surface area contributed by atoms with Gasteiger partial charge in [0.05, 0.1) is 0 Å². The summed E-state index contributed by atoms with van der Waals surface area (Å²) in [7, 11) is 0. The van der Waals surface area contributed by atoms with E-state index in [-0.39, 0.29) is 11.8 Å². The number of fused-ring (bicyclic) bond motifs is 1. The van der Waals surface area contributed by atoms with Crippen LogP contribution in [0.25, 0.3) is 0 Å². The summed E-state index contributed by atoms with van der Waals surface area (Å²) >= 11 is 0. The Hall–Kier alpha value is -1.75. The van der Waals surface area contributed by atoms with E-state index >= 15 is 0 Å². The van der Waals surface area contributed by atoms with Crippen LogP contribution in [-0.2, 0) is 16.1 Å². The maximum atomic E-state index is 12.0. The molecule has 5 heteroatoms. The highest BCUT2D eigenvalue weighted by atomic mass is 16.6. The number of benzene rings is 1. The van der Waals surface area contributed by atoms with Gasteiger partial charge in [-0.2, -0.15) is 0 Å². The molecule has 3 rings (SSSR count). The molecule has 0 radical (unpaired) electrons. The third kappa shape index (κ3) is 3.04. The summed E-state index contributed by atoms with van der Waals surface area (Å²) < 4.78 is 16.3. The standard InChI is InChI=1S/C15H19NO4/c17-15(12-3-5-18-6-4-12)16-10-11-1-2-13-14(9-11)20-8-7-19-13/h1-2,9,12H,3-8,10H2,(H,16,17). The van der Waals surface area contributed by atoms with Crippen molar-refractivity contribution >= 4 is 5.91 Å². The summed E-state index contributed by atoms with van der Waals surface area (Å²) in [5.41, 5.74) is 1.02. The first-order valence-electron chi connectivity index (χ1n) is 7.07. The minimum absolute atomic E-state index is 0.0842. The fourth-order valence-corrected chi connectivity index (χ4v) is 2.49. The van der Waals surface area contributed by atoms with Crippen LogP contribution in [0.3, 0.4) is 0 Å². The van der Waals surface area contributed by atoms with E-state index < -0.39 is 0 Å². The average molecular weight is 277 g/mol. The van der Waals surface area contributed by atoms with Gasteiger partial charge in [0.25, 0.3) is 0 Å². The maximum absolute atomic E-state index is 12.0. The fourth-order valence-electron chi connectivity index (χ4n) is 2.49. The molecule has 1 aromatic rings. The molecule has 0 saturated carbocycles. The monoisotopic (exact) mass is 277 g/mol. The number of rotatable bonds is 3. The molecule has 1 fully saturated rings. The summed E-state index contributed by atoms with van der Waals surface area (Å²) in [6, 6.07) is 5.78. The van der Waals surface area contributed by atoms with E-state index in [0.717, 1.165) is 29.9 Å². The van der Waals surface area contributed by atoms with E-state index in [4.69, 9.17) is 14.2 Å². The van der Waals surface area contributed by atoms with Gasteiger partial charge in [-0.15, -0.1) is 0 Å². The lowest BCUT2D eigenvalue weighted by atomic mass is 9.99. The highest BCUT2D eigenvalue weighted by molar-refractivity contribution is 5.78. The molecular weight excluding hydrogens is 258 g/mol. The van der Waals surface area contributed by atoms with Gasteiger partial charge < -0.3 is 19.5 Å². The van der Waals surface area contributed by atoms with E-state index in [9.17, 15) is 4.79 Å². The smallest absolute Gasteiger partial charge is 0.223 e. The molecule has 0 unspecified atom stereocenters. The quantitative estimate of drug-likeness (QED) is 0.909. The maximum Gasteiger partial charge on any atom is 0.223 e. The zero-order valence-electron chi connectivity index (χ0n) is 11.4. The van der Waals surface area contributed by atoms with Gasteiger partial charge in [0.15, 0.2) is 11.5 Å². The largest absolute Gasteiger partial charge is 0.486 e. The molecule has 2 heterocycles. The third-order valence-corrected chi connectivity index (χ3v) is 3.67. The highest BCUT2D eigenvalue weighted by Crippen LogP contribution is 2.30. The average Bonchev–Trinajstić information content (AvgIpc) is 2.53. The second-order valence-electron chi connectivity index (χ2n) is 5.08. The number of carbonyl (C=O) groups is 1. The summed E-state index contributed by atoms with van der Waals surface area (Å²) in [6.07, 6.45) is 1.62. The van der Waals surface area contributed by atoms with Gasteiger partial charge in [0.1, 0.15) is 13.2 Å². The lowest BCUT2D eigenvalue weighted by Gasteiger charge is -2.22. The molecule has 1 aromatic carbocycles. The van der Waals surface area contributed by atoms with Gasteiger partial charge >= 0.3 is 0 Å². The molecule has 2 aliphatic heterocycles. The van der Waals surface area contributed by atoms with Crippen LogP contribution >= 0.6 is 0 Å². The number of ether oxygens (including phenoxy) is 3. The number of hydrogen-bond acceptors (Lipinski definition) is 4. The molecule has 0 atom stereocenters. The van der Waals surface area contributed by atoms with Crippen LogP contribution in [0.1, 0.15) is 18.4 Å². The molecule has 1 N–H and O–H groups in total. The number of hydrogen-bond donors (Lipinski definition) is 1. The first kappa shape index (κ1) is 13.2. The van der Waals surface area contributed by atoms with E-state index in [0.29, 0.717) is 33.0 Å². The Kier molecular flexibility index (Phi) is 4.06. The van der Waals surface area contributed by atoms with Gasteiger partial charge in [-0.05, 0) is 30.5 Å². The van der Waals surface area contributed by atoms with Crippen LogP contribution in [0.5, 0.6) is 11.5 Å². The molecule has 0 aliphatic carbocycles. The Morgan fingerprint density at radius 3 is 2.65 bits per heavy atom. The van der Waals surface area contributed by atoms with Crippen molar-refractivity contribution in [3.05, 3.63) is 23.8 Å². The van der Waals surface area contributed by atoms with Crippen LogP contribution in [0.4, 0.5) is 0 Å². The molecule has 5 nitrogen and oxygen atoms in total. The zero-order valence-corrected chi connectivity index (χ0v) is 11.4. The Bertz CT molecular complexity index is 483. The molecule has 108 valence electrons. The predicted molar refractivity (Wildman–Crippen MR) is 72.8 cm³/mol. The zero-order chi connectivity index (χ0) is 13.8. The van der Waals surface area contributed by atoms with E-state index in [2.05, 4.69) is 5.32 Å². The SMILES string of the molecule is O=C(NCc1ccc2c(c1)OCCO2)C1CCOCC1. The highest BCUT2D eigenvalue weighted by Gasteiger charge is 2.21.